The lowest BCUT2D eigenvalue weighted by Gasteiger charge is -2.06. The van der Waals surface area contributed by atoms with E-state index in [-0.39, 0.29) is 0 Å². The lowest BCUT2D eigenvalue weighted by Crippen LogP contribution is -2.03. The van der Waals surface area contributed by atoms with E-state index in [1.807, 2.05) is 19.1 Å². The SMILES string of the molecule is COC(=O)c1c(Cl)ccc2nc(C)ccc12. The number of rotatable bonds is 1. The molecule has 0 bridgehead atoms. The van der Waals surface area contributed by atoms with Crippen LogP contribution in [-0.2, 0) is 4.74 Å². The molecule has 0 saturated carbocycles. The molecule has 1 aromatic heterocycles. The number of fused-ring (bicyclic) bond motifs is 1. The molecule has 4 heteroatoms. The second-order valence-corrected chi connectivity index (χ2v) is 3.84. The van der Waals surface area contributed by atoms with Gasteiger partial charge in [0.25, 0.3) is 0 Å². The van der Waals surface area contributed by atoms with E-state index < -0.39 is 5.97 Å². The summed E-state index contributed by atoms with van der Waals surface area (Å²) in [6.07, 6.45) is 0. The van der Waals surface area contributed by atoms with Crippen molar-refractivity contribution in [3.63, 3.8) is 0 Å². The summed E-state index contributed by atoms with van der Waals surface area (Å²) in [5.41, 5.74) is 2.00. The van der Waals surface area contributed by atoms with Crippen LogP contribution in [0.3, 0.4) is 0 Å². The van der Waals surface area contributed by atoms with E-state index in [0.717, 1.165) is 11.2 Å². The van der Waals surface area contributed by atoms with Gasteiger partial charge in [0.05, 0.1) is 23.2 Å². The fourth-order valence-corrected chi connectivity index (χ4v) is 1.83. The summed E-state index contributed by atoms with van der Waals surface area (Å²) in [6.45, 7) is 1.89. The molecule has 0 N–H and O–H groups in total. The van der Waals surface area contributed by atoms with Crippen molar-refractivity contribution in [3.8, 4) is 0 Å². The van der Waals surface area contributed by atoms with Crippen molar-refractivity contribution in [1.29, 1.82) is 0 Å². The average Bonchev–Trinajstić information content (AvgIpc) is 2.28. The van der Waals surface area contributed by atoms with Gasteiger partial charge in [0.2, 0.25) is 0 Å². The maximum Gasteiger partial charge on any atom is 0.340 e. The Kier molecular flexibility index (Phi) is 2.79. The number of nitrogens with zero attached hydrogens (tertiary/aromatic N) is 1. The fourth-order valence-electron chi connectivity index (χ4n) is 1.59. The molecule has 1 heterocycles. The fraction of sp³-hybridized carbons (Fsp3) is 0.167. The summed E-state index contributed by atoms with van der Waals surface area (Å²) in [7, 11) is 1.33. The van der Waals surface area contributed by atoms with Gasteiger partial charge in [-0.3, -0.25) is 4.98 Å². The molecule has 0 spiro atoms. The number of aryl methyl sites for hydroxylation is 1. The Morgan fingerprint density at radius 2 is 2.06 bits per heavy atom. The van der Waals surface area contributed by atoms with Crippen molar-refractivity contribution < 1.29 is 9.53 Å². The number of ether oxygens (including phenoxy) is 1. The van der Waals surface area contributed by atoms with Crippen LogP contribution < -0.4 is 0 Å². The quantitative estimate of drug-likeness (QED) is 0.714. The minimum Gasteiger partial charge on any atom is -0.465 e. The molecule has 3 nitrogen and oxygen atoms in total. The van der Waals surface area contributed by atoms with Crippen molar-refractivity contribution in [2.45, 2.75) is 6.92 Å². The summed E-state index contributed by atoms with van der Waals surface area (Å²) >= 11 is 5.99. The normalized spacial score (nSPS) is 10.4. The van der Waals surface area contributed by atoms with E-state index in [1.165, 1.54) is 7.11 Å². The van der Waals surface area contributed by atoms with E-state index in [2.05, 4.69) is 4.98 Å². The van der Waals surface area contributed by atoms with Gasteiger partial charge in [0, 0.05) is 11.1 Å². The third kappa shape index (κ3) is 1.74. The lowest BCUT2D eigenvalue weighted by atomic mass is 10.1. The number of hydrogen-bond donors (Lipinski definition) is 0. The Bertz CT molecular complexity index is 566. The largest absolute Gasteiger partial charge is 0.465 e. The first-order valence-corrected chi connectivity index (χ1v) is 5.15. The van der Waals surface area contributed by atoms with Gasteiger partial charge in [-0.25, -0.2) is 4.79 Å². The number of halogens is 1. The molecular weight excluding hydrogens is 226 g/mol. The number of pyridine rings is 1. The number of methoxy groups -OCH3 is 1. The van der Waals surface area contributed by atoms with Gasteiger partial charge in [-0.2, -0.15) is 0 Å². The van der Waals surface area contributed by atoms with E-state index in [9.17, 15) is 4.79 Å². The Morgan fingerprint density at radius 1 is 1.31 bits per heavy atom. The number of aromatic nitrogens is 1. The highest BCUT2D eigenvalue weighted by molar-refractivity contribution is 6.35. The Labute approximate surface area is 98.0 Å². The van der Waals surface area contributed by atoms with E-state index in [1.54, 1.807) is 12.1 Å². The summed E-state index contributed by atoms with van der Waals surface area (Å²) in [5, 5.41) is 1.09. The number of carbonyl (C=O) groups excluding carboxylic acids is 1. The third-order valence-electron chi connectivity index (χ3n) is 2.35. The molecular formula is C12H10ClNO2. The molecule has 0 amide bonds. The van der Waals surface area contributed by atoms with Crippen molar-refractivity contribution in [1.82, 2.24) is 4.98 Å². The van der Waals surface area contributed by atoms with E-state index in [4.69, 9.17) is 16.3 Å². The zero-order valence-corrected chi connectivity index (χ0v) is 9.71. The van der Waals surface area contributed by atoms with Crippen LogP contribution in [0.15, 0.2) is 24.3 Å². The van der Waals surface area contributed by atoms with Crippen LogP contribution in [0, 0.1) is 6.92 Å². The van der Waals surface area contributed by atoms with Gasteiger partial charge in [-0.15, -0.1) is 0 Å². The minimum atomic E-state index is -0.443. The number of benzene rings is 1. The second-order valence-electron chi connectivity index (χ2n) is 3.43. The van der Waals surface area contributed by atoms with Gasteiger partial charge < -0.3 is 4.74 Å². The first-order valence-electron chi connectivity index (χ1n) is 4.77. The monoisotopic (exact) mass is 235 g/mol. The number of esters is 1. The van der Waals surface area contributed by atoms with Crippen LogP contribution in [0.4, 0.5) is 0 Å². The predicted octanol–water partition coefficient (Wildman–Crippen LogP) is 2.98. The Balaban J connectivity index is 2.79. The smallest absolute Gasteiger partial charge is 0.340 e. The summed E-state index contributed by atoms with van der Waals surface area (Å²) in [6, 6.07) is 7.11. The third-order valence-corrected chi connectivity index (χ3v) is 2.66. The van der Waals surface area contributed by atoms with Gasteiger partial charge >= 0.3 is 5.97 Å². The summed E-state index contributed by atoms with van der Waals surface area (Å²) in [4.78, 5) is 15.9. The van der Waals surface area contributed by atoms with Gasteiger partial charge in [-0.1, -0.05) is 17.7 Å². The zero-order valence-electron chi connectivity index (χ0n) is 8.95. The van der Waals surface area contributed by atoms with Crippen LogP contribution in [0.25, 0.3) is 10.9 Å². The first kappa shape index (κ1) is 10.9. The van der Waals surface area contributed by atoms with Crippen molar-refractivity contribution in [2.75, 3.05) is 7.11 Å². The topological polar surface area (TPSA) is 39.2 Å². The zero-order chi connectivity index (χ0) is 11.7. The molecule has 0 aliphatic heterocycles. The van der Waals surface area contributed by atoms with Gasteiger partial charge in [0.15, 0.2) is 0 Å². The molecule has 0 aliphatic carbocycles. The molecule has 0 radical (unpaired) electrons. The maximum absolute atomic E-state index is 11.6. The molecule has 1 aromatic carbocycles. The lowest BCUT2D eigenvalue weighted by molar-refractivity contribution is 0.0603. The van der Waals surface area contributed by atoms with E-state index in [0.29, 0.717) is 16.0 Å². The number of carbonyl (C=O) groups is 1. The molecule has 16 heavy (non-hydrogen) atoms. The first-order chi connectivity index (χ1) is 7.63. The summed E-state index contributed by atoms with van der Waals surface area (Å²) in [5.74, 6) is -0.443. The molecule has 82 valence electrons. The van der Waals surface area contributed by atoms with Crippen LogP contribution in [0.2, 0.25) is 5.02 Å². The maximum atomic E-state index is 11.6. The van der Waals surface area contributed by atoms with Crippen molar-refractivity contribution in [3.05, 3.63) is 40.5 Å². The van der Waals surface area contributed by atoms with Crippen LogP contribution >= 0.6 is 11.6 Å². The van der Waals surface area contributed by atoms with Crippen LogP contribution in [0.5, 0.6) is 0 Å². The van der Waals surface area contributed by atoms with Crippen LogP contribution in [0.1, 0.15) is 16.1 Å². The molecule has 2 aromatic rings. The predicted molar refractivity (Wildman–Crippen MR) is 62.8 cm³/mol. The average molecular weight is 236 g/mol. The van der Waals surface area contributed by atoms with Crippen molar-refractivity contribution >= 4 is 28.5 Å². The molecule has 0 unspecified atom stereocenters. The van der Waals surface area contributed by atoms with Gasteiger partial charge in [0.1, 0.15) is 0 Å². The molecule has 0 atom stereocenters. The summed E-state index contributed by atoms with van der Waals surface area (Å²) < 4.78 is 4.70. The highest BCUT2D eigenvalue weighted by Gasteiger charge is 2.15. The minimum absolute atomic E-state index is 0.370. The molecule has 2 rings (SSSR count). The molecule has 0 aliphatic rings. The number of hydrogen-bond acceptors (Lipinski definition) is 3. The van der Waals surface area contributed by atoms with E-state index >= 15 is 0 Å². The Hall–Kier alpha value is -1.61. The molecule has 0 saturated heterocycles. The Morgan fingerprint density at radius 3 is 2.75 bits per heavy atom. The van der Waals surface area contributed by atoms with Crippen LogP contribution in [-0.4, -0.2) is 18.1 Å². The molecule has 0 fully saturated rings. The standard InChI is InChI=1S/C12H10ClNO2/c1-7-3-4-8-10(14-7)6-5-9(13)11(8)12(15)16-2/h3-6H,1-2H3. The highest BCUT2D eigenvalue weighted by atomic mass is 35.5. The van der Waals surface area contributed by atoms with Crippen molar-refractivity contribution in [2.24, 2.45) is 0 Å². The van der Waals surface area contributed by atoms with Gasteiger partial charge in [-0.05, 0) is 25.1 Å². The highest BCUT2D eigenvalue weighted by Crippen LogP contribution is 2.25. The second kappa shape index (κ2) is 4.10.